The molecule has 3 heterocycles. The predicted molar refractivity (Wildman–Crippen MR) is 152 cm³/mol. The van der Waals surface area contributed by atoms with Gasteiger partial charge in [-0.15, -0.1) is 0 Å². The number of ether oxygens (including phenoxy) is 1. The molecular weight excluding hydrogens is 626 g/mol. The van der Waals surface area contributed by atoms with Crippen molar-refractivity contribution in [2.45, 2.75) is 42.7 Å². The van der Waals surface area contributed by atoms with E-state index in [0.717, 1.165) is 31.5 Å². The molecule has 1 aliphatic heterocycles. The zero-order valence-corrected chi connectivity index (χ0v) is 25.1. The second-order valence-electron chi connectivity index (χ2n) is 10.8. The maximum Gasteiger partial charge on any atom is 0.458 e. The quantitative estimate of drug-likeness (QED) is 0.220. The summed E-state index contributed by atoms with van der Waals surface area (Å²) in [5, 5.41) is 3.77. The van der Waals surface area contributed by atoms with E-state index in [1.807, 2.05) is 11.8 Å². The van der Waals surface area contributed by atoms with Crippen molar-refractivity contribution in [2.75, 3.05) is 24.9 Å². The summed E-state index contributed by atoms with van der Waals surface area (Å²) < 4.78 is 122. The summed E-state index contributed by atoms with van der Waals surface area (Å²) in [6.07, 6.45) is -2.68. The van der Waals surface area contributed by atoms with Gasteiger partial charge < -0.3 is 9.64 Å². The summed E-state index contributed by atoms with van der Waals surface area (Å²) in [6.45, 7) is 2.92. The number of halogens is 6. The highest BCUT2D eigenvalue weighted by atomic mass is 32.2. The number of piperidine rings is 1. The normalized spacial score (nSPS) is 15.3. The first-order valence-electron chi connectivity index (χ1n) is 13.7. The zero-order valence-electron chi connectivity index (χ0n) is 24.2. The van der Waals surface area contributed by atoms with Crippen LogP contribution in [-0.2, 0) is 23.0 Å². The van der Waals surface area contributed by atoms with E-state index in [1.54, 1.807) is 0 Å². The standard InChI is InChI=1S/C29H28F6N6O3S/c1-17-6-4-5-7-21(17)25-24(28(31,32)29(33,34)35)26(38-27(37-25)39-45(42,43)20-15-36-41(3)16-20)44-19-8-9-22(23(30)14-19)18-10-12-40(2)13-11-18/h4-9,14-16,18H,10-13H2,1-3H3,(H,37,38,39). The van der Waals surface area contributed by atoms with Gasteiger partial charge in [-0.2, -0.15) is 32.0 Å². The molecule has 2 aromatic heterocycles. The number of sulfonamides is 1. The maximum atomic E-state index is 15.3. The molecule has 9 nitrogen and oxygen atoms in total. The second kappa shape index (κ2) is 12.0. The van der Waals surface area contributed by atoms with Gasteiger partial charge in [0.2, 0.25) is 11.8 Å². The van der Waals surface area contributed by atoms with Crippen molar-refractivity contribution >= 4 is 16.0 Å². The highest BCUT2D eigenvalue weighted by Crippen LogP contribution is 2.51. The van der Waals surface area contributed by atoms with Gasteiger partial charge in [0.05, 0.1) is 11.9 Å². The number of nitrogens with zero attached hydrogens (tertiary/aromatic N) is 5. The SMILES string of the molecule is Cc1ccccc1-c1nc(NS(=O)(=O)c2cnn(C)c2)nc(Oc2ccc(C3CCN(C)CC3)c(F)c2)c1C(F)(F)C(F)(F)F. The van der Waals surface area contributed by atoms with Gasteiger partial charge in [0.25, 0.3) is 10.0 Å². The van der Waals surface area contributed by atoms with Crippen LogP contribution in [-0.4, -0.2) is 59.4 Å². The van der Waals surface area contributed by atoms with E-state index in [2.05, 4.69) is 20.0 Å². The highest BCUT2D eigenvalue weighted by Gasteiger charge is 2.62. The first-order chi connectivity index (χ1) is 21.1. The number of hydrogen-bond acceptors (Lipinski definition) is 7. The summed E-state index contributed by atoms with van der Waals surface area (Å²) in [6, 6.07) is 9.10. The van der Waals surface area contributed by atoms with Gasteiger partial charge in [-0.05, 0) is 63.0 Å². The average Bonchev–Trinajstić information content (AvgIpc) is 3.40. The number of hydrogen-bond donors (Lipinski definition) is 1. The maximum absolute atomic E-state index is 15.3. The molecule has 0 saturated carbocycles. The Kier molecular flexibility index (Phi) is 8.57. The van der Waals surface area contributed by atoms with Crippen molar-refractivity contribution in [2.24, 2.45) is 7.05 Å². The number of aryl methyl sites for hydroxylation is 2. The third-order valence-electron chi connectivity index (χ3n) is 7.51. The van der Waals surface area contributed by atoms with Crippen LogP contribution < -0.4 is 9.46 Å². The van der Waals surface area contributed by atoms with Crippen LogP contribution in [0.25, 0.3) is 11.3 Å². The number of likely N-dealkylation sites (tertiary alicyclic amines) is 1. The van der Waals surface area contributed by atoms with Crippen molar-refractivity contribution in [3.8, 4) is 22.9 Å². The van der Waals surface area contributed by atoms with Crippen molar-refractivity contribution in [1.29, 1.82) is 0 Å². The van der Waals surface area contributed by atoms with Crippen molar-refractivity contribution in [3.63, 3.8) is 0 Å². The van der Waals surface area contributed by atoms with E-state index in [4.69, 9.17) is 4.74 Å². The van der Waals surface area contributed by atoms with Gasteiger partial charge in [-0.3, -0.25) is 4.68 Å². The molecule has 2 aromatic carbocycles. The molecule has 5 rings (SSSR count). The van der Waals surface area contributed by atoms with Crippen molar-refractivity contribution < 1.29 is 39.5 Å². The molecule has 1 N–H and O–H groups in total. The average molecular weight is 655 g/mol. The molecule has 240 valence electrons. The van der Waals surface area contributed by atoms with Crippen molar-refractivity contribution in [1.82, 2.24) is 24.6 Å². The molecule has 4 aromatic rings. The number of nitrogens with one attached hydrogen (secondary N) is 1. The van der Waals surface area contributed by atoms with Crippen LogP contribution in [0.4, 0.5) is 32.3 Å². The van der Waals surface area contributed by atoms with Crippen LogP contribution in [0.1, 0.15) is 35.4 Å². The third-order valence-corrected chi connectivity index (χ3v) is 8.79. The van der Waals surface area contributed by atoms with E-state index in [9.17, 15) is 21.6 Å². The minimum Gasteiger partial charge on any atom is -0.438 e. The molecule has 1 aliphatic rings. The van der Waals surface area contributed by atoms with Crippen LogP contribution in [0.2, 0.25) is 0 Å². The van der Waals surface area contributed by atoms with Gasteiger partial charge in [0.1, 0.15) is 22.0 Å². The molecule has 0 unspecified atom stereocenters. The Morgan fingerprint density at radius 1 is 1.00 bits per heavy atom. The van der Waals surface area contributed by atoms with E-state index in [1.165, 1.54) is 55.1 Å². The molecule has 45 heavy (non-hydrogen) atoms. The van der Waals surface area contributed by atoms with E-state index in [0.29, 0.717) is 18.4 Å². The fourth-order valence-electron chi connectivity index (χ4n) is 5.07. The molecule has 1 saturated heterocycles. The summed E-state index contributed by atoms with van der Waals surface area (Å²) in [7, 11) is -1.10. The lowest BCUT2D eigenvalue weighted by molar-refractivity contribution is -0.289. The molecule has 0 radical (unpaired) electrons. The number of rotatable bonds is 8. The fourth-order valence-corrected chi connectivity index (χ4v) is 5.99. The van der Waals surface area contributed by atoms with E-state index < -0.39 is 56.8 Å². The Morgan fingerprint density at radius 2 is 1.69 bits per heavy atom. The number of alkyl halides is 5. The zero-order chi connectivity index (χ0) is 32.7. The number of anilines is 1. The molecule has 0 aliphatic carbocycles. The van der Waals surface area contributed by atoms with Crippen LogP contribution in [0.3, 0.4) is 0 Å². The highest BCUT2D eigenvalue weighted by molar-refractivity contribution is 7.92. The van der Waals surface area contributed by atoms with Gasteiger partial charge in [-0.1, -0.05) is 30.3 Å². The summed E-state index contributed by atoms with van der Waals surface area (Å²) >= 11 is 0. The molecule has 0 atom stereocenters. The smallest absolute Gasteiger partial charge is 0.438 e. The lowest BCUT2D eigenvalue weighted by Crippen LogP contribution is -2.35. The Morgan fingerprint density at radius 3 is 2.29 bits per heavy atom. The summed E-state index contributed by atoms with van der Waals surface area (Å²) in [5.41, 5.74) is -2.28. The minimum atomic E-state index is -6.13. The van der Waals surface area contributed by atoms with Gasteiger partial charge >= 0.3 is 12.1 Å². The van der Waals surface area contributed by atoms with Crippen LogP contribution in [0.5, 0.6) is 11.6 Å². The largest absolute Gasteiger partial charge is 0.458 e. The predicted octanol–water partition coefficient (Wildman–Crippen LogP) is 6.38. The molecule has 16 heteroatoms. The third kappa shape index (κ3) is 6.61. The monoisotopic (exact) mass is 654 g/mol. The molecule has 0 bridgehead atoms. The Hall–Kier alpha value is -4.18. The molecule has 0 spiro atoms. The van der Waals surface area contributed by atoms with Gasteiger partial charge in [0.15, 0.2) is 0 Å². The van der Waals surface area contributed by atoms with Gasteiger partial charge in [-0.25, -0.2) is 22.5 Å². The molecule has 1 fully saturated rings. The summed E-state index contributed by atoms with van der Waals surface area (Å²) in [5.74, 6) is -9.05. The fraction of sp³-hybridized carbons (Fsp3) is 0.345. The lowest BCUT2D eigenvalue weighted by atomic mass is 9.89. The van der Waals surface area contributed by atoms with Crippen molar-refractivity contribution in [3.05, 3.63) is 77.4 Å². The minimum absolute atomic E-state index is 0.124. The number of benzene rings is 2. The van der Waals surface area contributed by atoms with Crippen LogP contribution in [0.15, 0.2) is 59.8 Å². The second-order valence-corrected chi connectivity index (χ2v) is 12.5. The Labute approximate surface area is 254 Å². The Balaban J connectivity index is 1.67. The van der Waals surface area contributed by atoms with Crippen LogP contribution >= 0.6 is 0 Å². The van der Waals surface area contributed by atoms with Gasteiger partial charge in [0, 0.05) is 24.9 Å². The first kappa shape index (κ1) is 32.2. The Bertz CT molecular complexity index is 1820. The molecular formula is C29H28F6N6O3S. The molecule has 0 amide bonds. The topological polar surface area (TPSA) is 102 Å². The van der Waals surface area contributed by atoms with E-state index >= 15 is 13.2 Å². The lowest BCUT2D eigenvalue weighted by Gasteiger charge is -2.29. The first-order valence-corrected chi connectivity index (χ1v) is 15.2. The van der Waals surface area contributed by atoms with Crippen LogP contribution in [0, 0.1) is 12.7 Å². The summed E-state index contributed by atoms with van der Waals surface area (Å²) in [4.78, 5) is 9.24. The van der Waals surface area contributed by atoms with E-state index in [-0.39, 0.29) is 21.9 Å². The number of aromatic nitrogens is 4.